The number of carbonyl (C=O) groups excluding carboxylic acids is 1. The molecule has 0 atom stereocenters. The molecule has 24 heavy (non-hydrogen) atoms. The zero-order valence-electron chi connectivity index (χ0n) is 13.2. The van der Waals surface area contributed by atoms with Crippen LogP contribution in [0.15, 0.2) is 59.5 Å². The number of sulfone groups is 1. The standard InChI is InChI=1S/C19H15FO3S/c1-12-7-8-13-11-14(24(2,22)23)9-10-15(13)18(12)19(21)16-5-3-4-6-17(16)20/h3-11H,1-2H3. The van der Waals surface area contributed by atoms with Crippen LogP contribution in [0.3, 0.4) is 0 Å². The maximum absolute atomic E-state index is 14.0. The van der Waals surface area contributed by atoms with Crippen molar-refractivity contribution in [2.45, 2.75) is 11.8 Å². The smallest absolute Gasteiger partial charge is 0.196 e. The Labute approximate surface area is 139 Å². The number of fused-ring (bicyclic) bond motifs is 1. The van der Waals surface area contributed by atoms with E-state index in [1.54, 1.807) is 31.2 Å². The average molecular weight is 342 g/mol. The molecule has 0 fully saturated rings. The van der Waals surface area contributed by atoms with E-state index in [4.69, 9.17) is 0 Å². The van der Waals surface area contributed by atoms with Crippen LogP contribution in [0.25, 0.3) is 10.8 Å². The largest absolute Gasteiger partial charge is 0.288 e. The lowest BCUT2D eigenvalue weighted by atomic mass is 9.93. The molecule has 3 aromatic rings. The molecule has 0 aromatic heterocycles. The van der Waals surface area contributed by atoms with Gasteiger partial charge in [-0.25, -0.2) is 12.8 Å². The molecular formula is C19H15FO3S. The number of hydrogen-bond donors (Lipinski definition) is 0. The van der Waals surface area contributed by atoms with Gasteiger partial charge in [0.15, 0.2) is 15.6 Å². The summed E-state index contributed by atoms with van der Waals surface area (Å²) in [6.07, 6.45) is 1.13. The van der Waals surface area contributed by atoms with E-state index in [-0.39, 0.29) is 10.5 Å². The molecule has 0 radical (unpaired) electrons. The van der Waals surface area contributed by atoms with Gasteiger partial charge in [-0.05, 0) is 47.5 Å². The summed E-state index contributed by atoms with van der Waals surface area (Å²) < 4.78 is 37.4. The second kappa shape index (κ2) is 5.83. The van der Waals surface area contributed by atoms with Crippen LogP contribution in [0.5, 0.6) is 0 Å². The number of carbonyl (C=O) groups is 1. The summed E-state index contributed by atoms with van der Waals surface area (Å²) in [5, 5.41) is 1.24. The van der Waals surface area contributed by atoms with Crippen LogP contribution in [0.1, 0.15) is 21.5 Å². The Kier molecular flexibility index (Phi) is 3.97. The summed E-state index contributed by atoms with van der Waals surface area (Å²) in [5.74, 6) is -0.991. The highest BCUT2D eigenvalue weighted by molar-refractivity contribution is 7.90. The van der Waals surface area contributed by atoms with Gasteiger partial charge in [0, 0.05) is 11.8 Å². The van der Waals surface area contributed by atoms with Gasteiger partial charge in [-0.2, -0.15) is 0 Å². The topological polar surface area (TPSA) is 51.2 Å². The molecule has 0 amide bonds. The lowest BCUT2D eigenvalue weighted by Gasteiger charge is -2.11. The van der Waals surface area contributed by atoms with Gasteiger partial charge in [0.1, 0.15) is 5.82 Å². The maximum atomic E-state index is 14.0. The molecule has 3 aromatic carbocycles. The fourth-order valence-corrected chi connectivity index (χ4v) is 3.39. The highest BCUT2D eigenvalue weighted by atomic mass is 32.2. The first kappa shape index (κ1) is 16.3. The van der Waals surface area contributed by atoms with Crippen molar-refractivity contribution in [1.29, 1.82) is 0 Å². The highest BCUT2D eigenvalue weighted by Crippen LogP contribution is 2.27. The zero-order chi connectivity index (χ0) is 17.5. The van der Waals surface area contributed by atoms with E-state index in [0.717, 1.165) is 6.26 Å². The van der Waals surface area contributed by atoms with Crippen molar-refractivity contribution in [1.82, 2.24) is 0 Å². The predicted octanol–water partition coefficient (Wildman–Crippen LogP) is 3.92. The van der Waals surface area contributed by atoms with Crippen LogP contribution in [-0.4, -0.2) is 20.5 Å². The Morgan fingerprint density at radius 2 is 1.71 bits per heavy atom. The quantitative estimate of drug-likeness (QED) is 0.678. The zero-order valence-corrected chi connectivity index (χ0v) is 14.0. The SMILES string of the molecule is Cc1ccc2cc(S(C)(=O)=O)ccc2c1C(=O)c1ccccc1F. The van der Waals surface area contributed by atoms with E-state index in [0.29, 0.717) is 21.9 Å². The molecule has 3 rings (SSSR count). The first-order valence-corrected chi connectivity index (χ1v) is 9.21. The minimum atomic E-state index is -3.34. The molecule has 3 nitrogen and oxygen atoms in total. The Bertz CT molecular complexity index is 1070. The molecule has 122 valence electrons. The Balaban J connectivity index is 2.26. The lowest BCUT2D eigenvalue weighted by Crippen LogP contribution is -2.07. The van der Waals surface area contributed by atoms with Gasteiger partial charge >= 0.3 is 0 Å². The van der Waals surface area contributed by atoms with Gasteiger partial charge in [0.05, 0.1) is 10.5 Å². The van der Waals surface area contributed by atoms with Gasteiger partial charge in [-0.1, -0.05) is 30.3 Å². The van der Waals surface area contributed by atoms with E-state index in [2.05, 4.69) is 0 Å². The van der Waals surface area contributed by atoms with E-state index < -0.39 is 21.4 Å². The van der Waals surface area contributed by atoms with Gasteiger partial charge in [-0.3, -0.25) is 4.79 Å². The summed E-state index contributed by atoms with van der Waals surface area (Å²) in [6, 6.07) is 13.9. The van der Waals surface area contributed by atoms with Crippen molar-refractivity contribution in [3.63, 3.8) is 0 Å². The molecule has 0 unspecified atom stereocenters. The number of ketones is 1. The molecule has 0 spiro atoms. The molecule has 0 aliphatic rings. The summed E-state index contributed by atoms with van der Waals surface area (Å²) in [4.78, 5) is 13.0. The van der Waals surface area contributed by atoms with Gasteiger partial charge < -0.3 is 0 Å². The number of aryl methyl sites for hydroxylation is 1. The van der Waals surface area contributed by atoms with E-state index in [9.17, 15) is 17.6 Å². The summed E-state index contributed by atoms with van der Waals surface area (Å²) in [6.45, 7) is 1.78. The molecule has 0 saturated carbocycles. The molecule has 0 bridgehead atoms. The third-order valence-electron chi connectivity index (χ3n) is 3.97. The molecule has 0 heterocycles. The van der Waals surface area contributed by atoms with Crippen LogP contribution in [0, 0.1) is 12.7 Å². The van der Waals surface area contributed by atoms with Crippen molar-refractivity contribution >= 4 is 26.4 Å². The minimum Gasteiger partial charge on any atom is -0.288 e. The predicted molar refractivity (Wildman–Crippen MR) is 91.6 cm³/mol. The first-order chi connectivity index (χ1) is 11.3. The first-order valence-electron chi connectivity index (χ1n) is 7.31. The van der Waals surface area contributed by atoms with Crippen molar-refractivity contribution in [3.8, 4) is 0 Å². The Morgan fingerprint density at radius 3 is 2.38 bits per heavy atom. The third-order valence-corrected chi connectivity index (χ3v) is 5.08. The molecule has 5 heteroatoms. The maximum Gasteiger partial charge on any atom is 0.196 e. The third kappa shape index (κ3) is 2.83. The summed E-state index contributed by atoms with van der Waals surface area (Å²) >= 11 is 0. The van der Waals surface area contributed by atoms with E-state index in [1.807, 2.05) is 0 Å². The summed E-state index contributed by atoms with van der Waals surface area (Å²) in [7, 11) is -3.34. The van der Waals surface area contributed by atoms with E-state index >= 15 is 0 Å². The fraction of sp³-hybridized carbons (Fsp3) is 0.105. The average Bonchev–Trinajstić information content (AvgIpc) is 2.53. The molecule has 0 aliphatic carbocycles. The molecular weight excluding hydrogens is 327 g/mol. The van der Waals surface area contributed by atoms with Gasteiger partial charge in [0.25, 0.3) is 0 Å². The van der Waals surface area contributed by atoms with Crippen LogP contribution < -0.4 is 0 Å². The van der Waals surface area contributed by atoms with E-state index in [1.165, 1.54) is 30.3 Å². The van der Waals surface area contributed by atoms with Crippen LogP contribution >= 0.6 is 0 Å². The van der Waals surface area contributed by atoms with Crippen molar-refractivity contribution in [2.75, 3.05) is 6.26 Å². The monoisotopic (exact) mass is 342 g/mol. The molecule has 0 saturated heterocycles. The second-order valence-electron chi connectivity index (χ2n) is 5.72. The Morgan fingerprint density at radius 1 is 1.00 bits per heavy atom. The number of hydrogen-bond acceptors (Lipinski definition) is 3. The lowest BCUT2D eigenvalue weighted by molar-refractivity contribution is 0.103. The number of rotatable bonds is 3. The van der Waals surface area contributed by atoms with Crippen molar-refractivity contribution in [3.05, 3.63) is 77.1 Å². The van der Waals surface area contributed by atoms with Crippen LogP contribution in [0.2, 0.25) is 0 Å². The van der Waals surface area contributed by atoms with Crippen LogP contribution in [-0.2, 0) is 9.84 Å². The van der Waals surface area contributed by atoms with Crippen LogP contribution in [0.4, 0.5) is 4.39 Å². The normalized spacial score (nSPS) is 11.6. The molecule has 0 aliphatic heterocycles. The number of benzene rings is 3. The second-order valence-corrected chi connectivity index (χ2v) is 7.74. The highest BCUT2D eigenvalue weighted by Gasteiger charge is 2.19. The van der Waals surface area contributed by atoms with Gasteiger partial charge in [0.2, 0.25) is 0 Å². The summed E-state index contributed by atoms with van der Waals surface area (Å²) in [5.41, 5.74) is 1.10. The van der Waals surface area contributed by atoms with Crippen molar-refractivity contribution in [2.24, 2.45) is 0 Å². The number of halogens is 1. The minimum absolute atomic E-state index is 0.000268. The Hall–Kier alpha value is -2.53. The molecule has 0 N–H and O–H groups in total. The fourth-order valence-electron chi connectivity index (χ4n) is 2.73. The van der Waals surface area contributed by atoms with Gasteiger partial charge in [-0.15, -0.1) is 0 Å². The van der Waals surface area contributed by atoms with Crippen molar-refractivity contribution < 1.29 is 17.6 Å².